The predicted octanol–water partition coefficient (Wildman–Crippen LogP) is 16.2. The molecular weight excluding hydrogens is 793 g/mol. The van der Waals surface area contributed by atoms with E-state index in [4.69, 9.17) is 14.2 Å². The standard InChI is InChI=1S/C58H86O6/c1-4-7-10-13-16-19-22-25-27-29-31-33-36-39-42-45-48-51-57(60)63-54-55(53-62-56(59)50-47-44-41-38-35-32-24-21-18-15-12-9-6-3)64-58(61)52-49-46-43-40-37-34-30-28-26-23-20-17-14-11-8-5-2/h8-9,11-12,15-21,24-28,31-35,37-39,41-42,55H,4-7,10,13-14,22-23,29-30,36,40,43-54H2,1-3H3/b11-8-,12-9-,18-15-,19-16-,20-17-,24-21-,27-25-,28-26-,33-31-,35-32-,37-34-,41-38-,42-39-. The molecule has 0 aromatic carbocycles. The Labute approximate surface area is 390 Å². The fourth-order valence-corrected chi connectivity index (χ4v) is 5.75. The Morgan fingerprint density at radius 3 is 1.16 bits per heavy atom. The minimum atomic E-state index is -0.853. The molecule has 0 aliphatic heterocycles. The lowest BCUT2D eigenvalue weighted by molar-refractivity contribution is -0.167. The molecule has 0 saturated carbocycles. The molecule has 0 aliphatic rings. The van der Waals surface area contributed by atoms with Gasteiger partial charge in [0.25, 0.3) is 0 Å². The molecule has 0 N–H and O–H groups in total. The third-order valence-electron chi connectivity index (χ3n) is 9.38. The van der Waals surface area contributed by atoms with E-state index in [0.717, 1.165) is 83.5 Å². The highest BCUT2D eigenvalue weighted by atomic mass is 16.6. The van der Waals surface area contributed by atoms with E-state index in [0.29, 0.717) is 19.3 Å². The van der Waals surface area contributed by atoms with Crippen molar-refractivity contribution in [1.82, 2.24) is 0 Å². The van der Waals surface area contributed by atoms with E-state index < -0.39 is 6.10 Å². The number of rotatable bonds is 41. The Bertz CT molecular complexity index is 1520. The topological polar surface area (TPSA) is 78.9 Å². The predicted molar refractivity (Wildman–Crippen MR) is 274 cm³/mol. The molecule has 0 amide bonds. The molecule has 6 nitrogen and oxygen atoms in total. The summed E-state index contributed by atoms with van der Waals surface area (Å²) in [4.78, 5) is 37.9. The van der Waals surface area contributed by atoms with Crippen molar-refractivity contribution in [2.75, 3.05) is 13.2 Å². The zero-order valence-corrected chi connectivity index (χ0v) is 40.2. The number of unbranched alkanes of at least 4 members (excludes halogenated alkanes) is 8. The van der Waals surface area contributed by atoms with Gasteiger partial charge in [-0.2, -0.15) is 0 Å². The molecule has 6 heteroatoms. The van der Waals surface area contributed by atoms with Crippen LogP contribution in [0.5, 0.6) is 0 Å². The Morgan fingerprint density at radius 1 is 0.344 bits per heavy atom. The number of ether oxygens (including phenoxy) is 3. The maximum atomic E-state index is 12.8. The summed E-state index contributed by atoms with van der Waals surface area (Å²) in [5.74, 6) is -1.12. The largest absolute Gasteiger partial charge is 0.462 e. The van der Waals surface area contributed by atoms with Gasteiger partial charge in [0.1, 0.15) is 13.2 Å². The van der Waals surface area contributed by atoms with E-state index in [1.165, 1.54) is 25.7 Å². The highest BCUT2D eigenvalue weighted by Crippen LogP contribution is 2.10. The number of allylic oxidation sites excluding steroid dienone is 26. The summed E-state index contributed by atoms with van der Waals surface area (Å²) in [6.07, 6.45) is 73.8. The molecule has 1 unspecified atom stereocenters. The summed E-state index contributed by atoms with van der Waals surface area (Å²) in [5, 5.41) is 0. The lowest BCUT2D eigenvalue weighted by atomic mass is 10.1. The summed E-state index contributed by atoms with van der Waals surface area (Å²) in [6, 6.07) is 0. The number of esters is 3. The molecule has 64 heavy (non-hydrogen) atoms. The Hall–Kier alpha value is -4.97. The van der Waals surface area contributed by atoms with Gasteiger partial charge in [0.15, 0.2) is 6.10 Å². The first-order chi connectivity index (χ1) is 31.5. The first-order valence-electron chi connectivity index (χ1n) is 24.6. The summed E-state index contributed by atoms with van der Waals surface area (Å²) in [6.45, 7) is 6.17. The smallest absolute Gasteiger partial charge is 0.306 e. The van der Waals surface area contributed by atoms with Crippen LogP contribution in [0, 0.1) is 0 Å². The van der Waals surface area contributed by atoms with Gasteiger partial charge in [-0.1, -0.05) is 198 Å². The molecule has 1 atom stereocenters. The summed E-state index contributed by atoms with van der Waals surface area (Å²) >= 11 is 0. The molecular formula is C58H86O6. The lowest BCUT2D eigenvalue weighted by Gasteiger charge is -2.18. The van der Waals surface area contributed by atoms with Crippen LogP contribution in [0.1, 0.15) is 168 Å². The van der Waals surface area contributed by atoms with Gasteiger partial charge >= 0.3 is 17.9 Å². The van der Waals surface area contributed by atoms with Crippen molar-refractivity contribution in [1.29, 1.82) is 0 Å². The van der Waals surface area contributed by atoms with Crippen molar-refractivity contribution in [2.45, 2.75) is 175 Å². The highest BCUT2D eigenvalue weighted by Gasteiger charge is 2.19. The van der Waals surface area contributed by atoms with Crippen molar-refractivity contribution < 1.29 is 28.6 Å². The first-order valence-corrected chi connectivity index (χ1v) is 24.6. The van der Waals surface area contributed by atoms with Crippen molar-refractivity contribution in [2.24, 2.45) is 0 Å². The highest BCUT2D eigenvalue weighted by molar-refractivity contribution is 5.71. The van der Waals surface area contributed by atoms with Crippen LogP contribution in [-0.4, -0.2) is 37.2 Å². The van der Waals surface area contributed by atoms with E-state index >= 15 is 0 Å². The fraction of sp³-hybridized carbons (Fsp3) is 0.500. The van der Waals surface area contributed by atoms with Crippen molar-refractivity contribution in [3.8, 4) is 0 Å². The SMILES string of the molecule is CC\C=C/C=C\C=C/C=C\C=C/CCCC(=O)OCC(COC(=O)CCC/C=C\C/C=C\C/C=C\C/C=C\CCCCC)OC(=O)CCCCC/C=C\C/C=C\C/C=C\C/C=C\CC. The van der Waals surface area contributed by atoms with Crippen LogP contribution in [0.15, 0.2) is 158 Å². The minimum absolute atomic E-state index is 0.150. The molecule has 0 fully saturated rings. The van der Waals surface area contributed by atoms with Gasteiger partial charge in [-0.3, -0.25) is 14.4 Å². The van der Waals surface area contributed by atoms with Crippen molar-refractivity contribution >= 4 is 17.9 Å². The quantitative estimate of drug-likeness (QED) is 0.0200. The number of hydrogen-bond acceptors (Lipinski definition) is 6. The van der Waals surface area contributed by atoms with Crippen LogP contribution in [0.25, 0.3) is 0 Å². The molecule has 0 aliphatic carbocycles. The average Bonchev–Trinajstić information content (AvgIpc) is 3.29. The van der Waals surface area contributed by atoms with E-state index in [1.54, 1.807) is 0 Å². The van der Waals surface area contributed by atoms with Crippen LogP contribution in [0.2, 0.25) is 0 Å². The molecule has 0 saturated heterocycles. The number of carbonyl (C=O) groups is 3. The second kappa shape index (κ2) is 50.7. The zero-order valence-electron chi connectivity index (χ0n) is 40.2. The lowest BCUT2D eigenvalue weighted by Crippen LogP contribution is -2.30. The number of carbonyl (C=O) groups excluding carboxylic acids is 3. The van der Waals surface area contributed by atoms with Crippen LogP contribution >= 0.6 is 0 Å². The van der Waals surface area contributed by atoms with Crippen LogP contribution < -0.4 is 0 Å². The Balaban J connectivity index is 4.67. The number of hydrogen-bond donors (Lipinski definition) is 0. The first kappa shape index (κ1) is 59.0. The van der Waals surface area contributed by atoms with E-state index in [1.807, 2.05) is 54.7 Å². The van der Waals surface area contributed by atoms with Gasteiger partial charge in [0.05, 0.1) is 0 Å². The van der Waals surface area contributed by atoms with Crippen LogP contribution in [-0.2, 0) is 28.6 Å². The van der Waals surface area contributed by atoms with Gasteiger partial charge < -0.3 is 14.2 Å². The van der Waals surface area contributed by atoms with Gasteiger partial charge in [-0.25, -0.2) is 0 Å². The monoisotopic (exact) mass is 879 g/mol. The van der Waals surface area contributed by atoms with E-state index in [9.17, 15) is 14.4 Å². The third-order valence-corrected chi connectivity index (χ3v) is 9.38. The molecule has 0 bridgehead atoms. The molecule has 0 spiro atoms. The van der Waals surface area contributed by atoms with Crippen LogP contribution in [0.4, 0.5) is 0 Å². The molecule has 0 aromatic rings. The van der Waals surface area contributed by atoms with Gasteiger partial charge in [0, 0.05) is 19.3 Å². The Morgan fingerprint density at radius 2 is 0.703 bits per heavy atom. The van der Waals surface area contributed by atoms with E-state index in [-0.39, 0.29) is 50.4 Å². The maximum Gasteiger partial charge on any atom is 0.306 e. The molecule has 0 radical (unpaired) electrons. The van der Waals surface area contributed by atoms with E-state index in [2.05, 4.69) is 124 Å². The molecule has 0 heterocycles. The minimum Gasteiger partial charge on any atom is -0.462 e. The summed E-state index contributed by atoms with van der Waals surface area (Å²) in [5.41, 5.74) is 0. The normalized spacial score (nSPS) is 13.5. The average molecular weight is 879 g/mol. The summed E-state index contributed by atoms with van der Waals surface area (Å²) < 4.78 is 16.6. The van der Waals surface area contributed by atoms with Crippen LogP contribution in [0.3, 0.4) is 0 Å². The van der Waals surface area contributed by atoms with Gasteiger partial charge in [-0.15, -0.1) is 0 Å². The van der Waals surface area contributed by atoms with Crippen molar-refractivity contribution in [3.05, 3.63) is 158 Å². The zero-order chi connectivity index (χ0) is 46.5. The Kier molecular flexibility index (Phi) is 46.7. The van der Waals surface area contributed by atoms with Gasteiger partial charge in [-0.05, 0) is 109 Å². The third kappa shape index (κ3) is 48.1. The molecule has 354 valence electrons. The molecule has 0 aromatic heterocycles. The van der Waals surface area contributed by atoms with Gasteiger partial charge in [0.2, 0.25) is 0 Å². The maximum absolute atomic E-state index is 12.8. The van der Waals surface area contributed by atoms with Crippen molar-refractivity contribution in [3.63, 3.8) is 0 Å². The molecule has 0 rings (SSSR count). The summed E-state index contributed by atoms with van der Waals surface area (Å²) in [7, 11) is 0. The fourth-order valence-electron chi connectivity index (χ4n) is 5.75. The second-order valence-electron chi connectivity index (χ2n) is 15.4. The second-order valence-corrected chi connectivity index (χ2v) is 15.4.